The molecule has 0 aliphatic heterocycles. The van der Waals surface area contributed by atoms with Crippen molar-refractivity contribution in [2.24, 2.45) is 0 Å². The van der Waals surface area contributed by atoms with E-state index in [0.29, 0.717) is 17.8 Å². The molecule has 0 N–H and O–H groups in total. The van der Waals surface area contributed by atoms with Gasteiger partial charge in [-0.1, -0.05) is 6.92 Å². The Morgan fingerprint density at radius 3 is 2.72 bits per heavy atom. The first-order valence-electron chi connectivity index (χ1n) is 6.11. The molecule has 0 aliphatic rings. The Hall–Kier alpha value is -1.91. The summed E-state index contributed by atoms with van der Waals surface area (Å²) < 4.78 is 6.70. The number of carbonyl (C=O) groups is 1. The molecule has 0 unspecified atom stereocenters. The van der Waals surface area contributed by atoms with Crippen molar-refractivity contribution >= 4 is 11.6 Å². The van der Waals surface area contributed by atoms with Crippen molar-refractivity contribution in [3.8, 4) is 0 Å². The Morgan fingerprint density at radius 2 is 2.11 bits per heavy atom. The minimum atomic E-state index is -0.372. The van der Waals surface area contributed by atoms with Crippen molar-refractivity contribution in [3.05, 3.63) is 28.7 Å². The average molecular weight is 247 g/mol. The van der Waals surface area contributed by atoms with Gasteiger partial charge in [-0.05, 0) is 32.8 Å². The van der Waals surface area contributed by atoms with Crippen molar-refractivity contribution < 1.29 is 9.53 Å². The molecule has 5 nitrogen and oxygen atoms in total. The van der Waals surface area contributed by atoms with Crippen molar-refractivity contribution in [2.75, 3.05) is 6.61 Å². The van der Waals surface area contributed by atoms with E-state index < -0.39 is 0 Å². The molecule has 0 amide bonds. The van der Waals surface area contributed by atoms with E-state index in [2.05, 4.69) is 17.0 Å². The summed E-state index contributed by atoms with van der Waals surface area (Å²) in [6.45, 7) is 8.15. The van der Waals surface area contributed by atoms with E-state index in [1.807, 2.05) is 13.8 Å². The molecule has 0 aromatic carbocycles. The van der Waals surface area contributed by atoms with Crippen LogP contribution in [0.4, 0.5) is 0 Å². The number of ether oxygens (including phenoxy) is 1. The van der Waals surface area contributed by atoms with Crippen LogP contribution in [-0.4, -0.2) is 27.2 Å². The van der Waals surface area contributed by atoms with Crippen LogP contribution < -0.4 is 0 Å². The predicted octanol–water partition coefficient (Wildman–Crippen LogP) is 2.09. The largest absolute Gasteiger partial charge is 0.462 e. The van der Waals surface area contributed by atoms with Crippen molar-refractivity contribution in [2.45, 2.75) is 34.1 Å². The highest BCUT2D eigenvalue weighted by atomic mass is 16.5. The maximum atomic E-state index is 11.8. The summed E-state index contributed by atoms with van der Waals surface area (Å²) in [5.41, 5.74) is 4.12. The zero-order valence-corrected chi connectivity index (χ0v) is 11.1. The normalized spacial score (nSPS) is 10.9. The van der Waals surface area contributed by atoms with Gasteiger partial charge in [-0.2, -0.15) is 5.10 Å². The summed E-state index contributed by atoms with van der Waals surface area (Å²) in [4.78, 5) is 16.3. The maximum absolute atomic E-state index is 11.8. The number of aromatic nitrogens is 3. The van der Waals surface area contributed by atoms with Crippen LogP contribution in [0.2, 0.25) is 0 Å². The van der Waals surface area contributed by atoms with Gasteiger partial charge in [0, 0.05) is 11.4 Å². The molecule has 0 bridgehead atoms. The standard InChI is InChI=1S/C13H17N3O2/c1-5-10-8(3)15-12-11(13(17)18-6-2)7-14-16(12)9(10)4/h7H,5-6H2,1-4H3. The third kappa shape index (κ3) is 1.85. The fourth-order valence-electron chi connectivity index (χ4n) is 2.18. The third-order valence-corrected chi connectivity index (χ3v) is 3.06. The van der Waals surface area contributed by atoms with Crippen LogP contribution in [0.1, 0.15) is 41.2 Å². The Kier molecular flexibility index (Phi) is 3.32. The molecule has 5 heteroatoms. The van der Waals surface area contributed by atoms with E-state index >= 15 is 0 Å². The second-order valence-electron chi connectivity index (χ2n) is 4.13. The van der Waals surface area contributed by atoms with E-state index in [1.165, 1.54) is 11.8 Å². The Balaban J connectivity index is 2.64. The number of nitrogens with zero attached hydrogens (tertiary/aromatic N) is 3. The fourth-order valence-corrected chi connectivity index (χ4v) is 2.18. The topological polar surface area (TPSA) is 56.5 Å². The molecule has 2 heterocycles. The summed E-state index contributed by atoms with van der Waals surface area (Å²) in [6, 6.07) is 0. The first kappa shape index (κ1) is 12.5. The van der Waals surface area contributed by atoms with Crippen LogP contribution in [0.3, 0.4) is 0 Å². The van der Waals surface area contributed by atoms with Gasteiger partial charge in [0.15, 0.2) is 5.65 Å². The minimum absolute atomic E-state index is 0.348. The Labute approximate surface area is 106 Å². The second-order valence-corrected chi connectivity index (χ2v) is 4.13. The first-order valence-corrected chi connectivity index (χ1v) is 6.11. The molecule has 2 rings (SSSR count). The molecule has 18 heavy (non-hydrogen) atoms. The zero-order valence-electron chi connectivity index (χ0n) is 11.1. The lowest BCUT2D eigenvalue weighted by Crippen LogP contribution is -2.08. The van der Waals surface area contributed by atoms with Gasteiger partial charge in [-0.25, -0.2) is 14.3 Å². The Morgan fingerprint density at radius 1 is 1.39 bits per heavy atom. The predicted molar refractivity (Wildman–Crippen MR) is 67.8 cm³/mol. The Bertz CT molecular complexity index is 602. The maximum Gasteiger partial charge on any atom is 0.343 e. The SMILES string of the molecule is CCOC(=O)c1cnn2c(C)c(CC)c(C)nc12. The molecule has 0 saturated heterocycles. The number of carbonyl (C=O) groups excluding carboxylic acids is 1. The molecule has 0 fully saturated rings. The molecule has 0 aliphatic carbocycles. The summed E-state index contributed by atoms with van der Waals surface area (Å²) >= 11 is 0. The average Bonchev–Trinajstić information content (AvgIpc) is 2.73. The highest BCUT2D eigenvalue weighted by Crippen LogP contribution is 2.18. The van der Waals surface area contributed by atoms with Crippen molar-refractivity contribution in [1.82, 2.24) is 14.6 Å². The van der Waals surface area contributed by atoms with E-state index in [-0.39, 0.29) is 5.97 Å². The van der Waals surface area contributed by atoms with E-state index in [4.69, 9.17) is 4.74 Å². The molecule has 0 atom stereocenters. The van der Waals surface area contributed by atoms with Crippen LogP contribution in [0.15, 0.2) is 6.20 Å². The highest BCUT2D eigenvalue weighted by molar-refractivity contribution is 5.95. The third-order valence-electron chi connectivity index (χ3n) is 3.06. The van der Waals surface area contributed by atoms with Gasteiger partial charge in [-0.3, -0.25) is 0 Å². The number of fused-ring (bicyclic) bond motifs is 1. The van der Waals surface area contributed by atoms with Gasteiger partial charge in [0.1, 0.15) is 5.56 Å². The van der Waals surface area contributed by atoms with Crippen LogP contribution in [-0.2, 0) is 11.2 Å². The van der Waals surface area contributed by atoms with E-state index in [9.17, 15) is 4.79 Å². The zero-order chi connectivity index (χ0) is 13.3. The lowest BCUT2D eigenvalue weighted by molar-refractivity contribution is 0.0528. The lowest BCUT2D eigenvalue weighted by atomic mass is 10.1. The summed E-state index contributed by atoms with van der Waals surface area (Å²) in [6.07, 6.45) is 2.42. The fraction of sp³-hybridized carbons (Fsp3) is 0.462. The molecule has 96 valence electrons. The molecule has 0 radical (unpaired) electrons. The number of aryl methyl sites for hydroxylation is 2. The van der Waals surface area contributed by atoms with Gasteiger partial charge in [0.2, 0.25) is 0 Å². The lowest BCUT2D eigenvalue weighted by Gasteiger charge is -2.09. The van der Waals surface area contributed by atoms with Crippen LogP contribution in [0.25, 0.3) is 5.65 Å². The van der Waals surface area contributed by atoms with Crippen LogP contribution in [0.5, 0.6) is 0 Å². The van der Waals surface area contributed by atoms with Crippen LogP contribution >= 0.6 is 0 Å². The summed E-state index contributed by atoms with van der Waals surface area (Å²) in [5.74, 6) is -0.372. The van der Waals surface area contributed by atoms with Gasteiger partial charge in [-0.15, -0.1) is 0 Å². The molecular formula is C13H17N3O2. The van der Waals surface area contributed by atoms with E-state index in [0.717, 1.165) is 17.8 Å². The molecule has 2 aromatic rings. The summed E-state index contributed by atoms with van der Waals surface area (Å²) in [5, 5.41) is 4.22. The smallest absolute Gasteiger partial charge is 0.343 e. The molecule has 0 spiro atoms. The number of hydrogen-bond acceptors (Lipinski definition) is 4. The van der Waals surface area contributed by atoms with Crippen LogP contribution in [0, 0.1) is 13.8 Å². The quantitative estimate of drug-likeness (QED) is 0.779. The number of hydrogen-bond donors (Lipinski definition) is 0. The van der Waals surface area contributed by atoms with Gasteiger partial charge < -0.3 is 4.74 Å². The van der Waals surface area contributed by atoms with Gasteiger partial charge in [0.25, 0.3) is 0 Å². The molecule has 0 saturated carbocycles. The molecular weight excluding hydrogens is 230 g/mol. The van der Waals surface area contributed by atoms with E-state index in [1.54, 1.807) is 11.4 Å². The summed E-state index contributed by atoms with van der Waals surface area (Å²) in [7, 11) is 0. The first-order chi connectivity index (χ1) is 8.60. The van der Waals surface area contributed by atoms with Gasteiger partial charge in [0.05, 0.1) is 12.8 Å². The number of rotatable bonds is 3. The van der Waals surface area contributed by atoms with Crippen molar-refractivity contribution in [1.29, 1.82) is 0 Å². The number of esters is 1. The highest BCUT2D eigenvalue weighted by Gasteiger charge is 2.18. The monoisotopic (exact) mass is 247 g/mol. The molecule has 2 aromatic heterocycles. The van der Waals surface area contributed by atoms with Gasteiger partial charge >= 0.3 is 5.97 Å². The minimum Gasteiger partial charge on any atom is -0.462 e. The second kappa shape index (κ2) is 4.76. The van der Waals surface area contributed by atoms with Crippen molar-refractivity contribution in [3.63, 3.8) is 0 Å².